The van der Waals surface area contributed by atoms with Gasteiger partial charge >= 0.3 is 0 Å². The number of alkyl halides is 1. The van der Waals surface area contributed by atoms with Gasteiger partial charge in [0.2, 0.25) is 0 Å². The molecule has 0 atom stereocenters. The summed E-state index contributed by atoms with van der Waals surface area (Å²) in [7, 11) is 0. The lowest BCUT2D eigenvalue weighted by molar-refractivity contribution is -0.0286. The summed E-state index contributed by atoms with van der Waals surface area (Å²) in [6.07, 6.45) is 0. The van der Waals surface area contributed by atoms with E-state index in [-0.39, 0.29) is 6.61 Å². The van der Waals surface area contributed by atoms with E-state index in [0.717, 1.165) is 0 Å². The molecule has 0 saturated carbocycles. The second-order valence-electron chi connectivity index (χ2n) is 9.42. The van der Waals surface area contributed by atoms with E-state index in [9.17, 15) is 4.39 Å². The minimum atomic E-state index is -0.477. The Labute approximate surface area is 279 Å². The fourth-order valence-corrected chi connectivity index (χ4v) is 3.40. The summed E-state index contributed by atoms with van der Waals surface area (Å²) in [6, 6.07) is 7.37. The number of ether oxygens (including phenoxy) is 13. The van der Waals surface area contributed by atoms with Crippen LogP contribution in [0.4, 0.5) is 10.1 Å². The molecule has 0 unspecified atom stereocenters. The van der Waals surface area contributed by atoms with Crippen LogP contribution in [-0.4, -0.2) is 172 Å². The van der Waals surface area contributed by atoms with Crippen molar-refractivity contribution in [3.63, 3.8) is 0 Å². The number of nitrogen functional groups attached to an aromatic ring is 1. The minimum absolute atomic E-state index is 0.111. The Kier molecular flexibility index (Phi) is 34.2. The Hall–Kier alpha value is -1.73. The molecule has 47 heavy (non-hydrogen) atoms. The van der Waals surface area contributed by atoms with Crippen LogP contribution >= 0.6 is 0 Å². The highest BCUT2D eigenvalue weighted by atomic mass is 19.1. The highest BCUT2D eigenvalue weighted by Crippen LogP contribution is 2.19. The van der Waals surface area contributed by atoms with Crippen molar-refractivity contribution in [1.82, 2.24) is 0 Å². The third-order valence-corrected chi connectivity index (χ3v) is 5.72. The molecule has 0 heterocycles. The van der Waals surface area contributed by atoms with Gasteiger partial charge in [-0.15, -0.1) is 0 Å². The number of benzene rings is 1. The Morgan fingerprint density at radius 2 is 0.574 bits per heavy atom. The van der Waals surface area contributed by atoms with Crippen molar-refractivity contribution >= 4 is 5.69 Å². The molecule has 0 fully saturated rings. The van der Waals surface area contributed by atoms with Crippen molar-refractivity contribution in [2.45, 2.75) is 0 Å². The van der Waals surface area contributed by atoms with Gasteiger partial charge in [0.15, 0.2) is 0 Å². The second kappa shape index (κ2) is 37.1. The van der Waals surface area contributed by atoms with Crippen molar-refractivity contribution in [3.8, 4) is 5.75 Å². The summed E-state index contributed by atoms with van der Waals surface area (Å²) in [5.74, 6) is 0.665. The number of anilines is 1. The molecule has 0 bridgehead atoms. The predicted octanol–water partition coefficient (Wildman–Crippen LogP) is 1.82. The van der Waals surface area contributed by atoms with Crippen LogP contribution in [0.5, 0.6) is 5.75 Å². The third-order valence-electron chi connectivity index (χ3n) is 5.72. The maximum absolute atomic E-state index is 11.8. The van der Waals surface area contributed by atoms with Crippen LogP contribution in [0.15, 0.2) is 24.3 Å². The molecule has 1 aromatic carbocycles. The van der Waals surface area contributed by atoms with Gasteiger partial charge in [0.1, 0.15) is 19.0 Å². The van der Waals surface area contributed by atoms with Gasteiger partial charge < -0.3 is 67.3 Å². The molecular weight excluding hydrogens is 625 g/mol. The molecule has 15 heteroatoms. The van der Waals surface area contributed by atoms with E-state index in [2.05, 4.69) is 0 Å². The fraction of sp³-hybridized carbons (Fsp3) is 0.812. The van der Waals surface area contributed by atoms with Crippen molar-refractivity contribution in [3.05, 3.63) is 24.3 Å². The molecule has 276 valence electrons. The highest BCUT2D eigenvalue weighted by molar-refractivity contribution is 5.51. The lowest BCUT2D eigenvalue weighted by Gasteiger charge is -2.10. The molecule has 0 aromatic heterocycles. The van der Waals surface area contributed by atoms with Crippen LogP contribution in [0.2, 0.25) is 0 Å². The Balaban J connectivity index is 1.62. The van der Waals surface area contributed by atoms with E-state index in [1.807, 2.05) is 18.2 Å². The van der Waals surface area contributed by atoms with E-state index in [1.165, 1.54) is 0 Å². The molecule has 0 spiro atoms. The summed E-state index contributed by atoms with van der Waals surface area (Å²) in [4.78, 5) is 0. The van der Waals surface area contributed by atoms with Crippen LogP contribution in [-0.2, 0) is 56.8 Å². The number of para-hydroxylation sites is 2. The van der Waals surface area contributed by atoms with Crippen molar-refractivity contribution in [2.75, 3.05) is 178 Å². The Morgan fingerprint density at radius 3 is 0.830 bits per heavy atom. The number of hydrogen-bond acceptors (Lipinski definition) is 14. The number of nitrogens with two attached hydrogens (primary N) is 1. The summed E-state index contributed by atoms with van der Waals surface area (Å²) >= 11 is 0. The van der Waals surface area contributed by atoms with Gasteiger partial charge in [-0.05, 0) is 12.1 Å². The molecule has 0 aliphatic rings. The van der Waals surface area contributed by atoms with Crippen molar-refractivity contribution < 1.29 is 66.0 Å². The first kappa shape index (κ1) is 43.3. The lowest BCUT2D eigenvalue weighted by atomic mass is 10.3. The average molecular weight is 684 g/mol. The van der Waals surface area contributed by atoms with Crippen LogP contribution in [0.3, 0.4) is 0 Å². The minimum Gasteiger partial charge on any atom is -0.489 e. The fourth-order valence-electron chi connectivity index (χ4n) is 3.40. The van der Waals surface area contributed by atoms with Gasteiger partial charge in [-0.2, -0.15) is 0 Å². The largest absolute Gasteiger partial charge is 0.489 e. The molecule has 0 saturated heterocycles. The van der Waals surface area contributed by atoms with Gasteiger partial charge in [-0.3, -0.25) is 0 Å². The van der Waals surface area contributed by atoms with Gasteiger partial charge in [-0.1, -0.05) is 12.1 Å². The van der Waals surface area contributed by atoms with Crippen LogP contribution in [0, 0.1) is 0 Å². The van der Waals surface area contributed by atoms with E-state index in [0.29, 0.717) is 170 Å². The van der Waals surface area contributed by atoms with Crippen molar-refractivity contribution in [1.29, 1.82) is 0 Å². The first-order valence-electron chi connectivity index (χ1n) is 16.3. The Morgan fingerprint density at radius 1 is 0.340 bits per heavy atom. The average Bonchev–Trinajstić information content (AvgIpc) is 3.08. The zero-order valence-corrected chi connectivity index (χ0v) is 28.0. The summed E-state index contributed by atoms with van der Waals surface area (Å²) in [5, 5.41) is 0. The topological polar surface area (TPSA) is 146 Å². The van der Waals surface area contributed by atoms with Crippen LogP contribution in [0.25, 0.3) is 0 Å². The smallest absolute Gasteiger partial charge is 0.142 e. The van der Waals surface area contributed by atoms with Gasteiger partial charge in [0, 0.05) is 0 Å². The molecule has 2 N–H and O–H groups in total. The molecular formula is C32H58FNO13. The molecule has 0 aliphatic heterocycles. The highest BCUT2D eigenvalue weighted by Gasteiger charge is 1.99. The molecule has 1 rings (SSSR count). The predicted molar refractivity (Wildman–Crippen MR) is 172 cm³/mol. The standard InChI is InChI=1S/C32H58FNO13/c33-5-6-35-7-8-36-9-10-37-11-12-38-13-14-39-15-16-40-17-18-41-19-20-42-21-22-43-23-24-44-25-26-45-27-28-46-29-30-47-32-4-2-1-3-31(32)34/h1-4H,5-30,34H2. The quantitative estimate of drug-likeness (QED) is 0.0795. The van der Waals surface area contributed by atoms with E-state index in [4.69, 9.17) is 67.3 Å². The third kappa shape index (κ3) is 32.6. The van der Waals surface area contributed by atoms with Crippen molar-refractivity contribution in [2.24, 2.45) is 0 Å². The van der Waals surface area contributed by atoms with Gasteiger partial charge in [-0.25, -0.2) is 4.39 Å². The molecule has 0 aliphatic carbocycles. The summed E-state index contributed by atoms with van der Waals surface area (Å²) in [5.41, 5.74) is 6.43. The van der Waals surface area contributed by atoms with Crippen LogP contribution < -0.4 is 10.5 Å². The summed E-state index contributed by atoms with van der Waals surface area (Å²) < 4.78 is 82.2. The number of rotatable bonds is 39. The van der Waals surface area contributed by atoms with Crippen LogP contribution in [0.1, 0.15) is 0 Å². The van der Waals surface area contributed by atoms with E-state index < -0.39 is 6.67 Å². The monoisotopic (exact) mass is 683 g/mol. The molecule has 14 nitrogen and oxygen atoms in total. The molecule has 1 aromatic rings. The van der Waals surface area contributed by atoms with Gasteiger partial charge in [0.25, 0.3) is 0 Å². The number of halogens is 1. The molecule has 0 radical (unpaired) electrons. The maximum atomic E-state index is 11.8. The van der Waals surface area contributed by atoms with E-state index in [1.54, 1.807) is 6.07 Å². The maximum Gasteiger partial charge on any atom is 0.142 e. The zero-order valence-electron chi connectivity index (χ0n) is 28.0. The SMILES string of the molecule is Nc1ccccc1OCCOCCOCCOCCOCCOCCOCCOCCOCCOCCOCCOCCOCCF. The first-order chi connectivity index (χ1) is 23.3. The normalized spacial score (nSPS) is 11.4. The lowest BCUT2D eigenvalue weighted by Crippen LogP contribution is -2.15. The molecule has 0 amide bonds. The summed E-state index contributed by atoms with van der Waals surface area (Å²) in [6.45, 7) is 11.2. The van der Waals surface area contributed by atoms with Gasteiger partial charge in [0.05, 0.1) is 164 Å². The van der Waals surface area contributed by atoms with E-state index >= 15 is 0 Å². The first-order valence-corrected chi connectivity index (χ1v) is 16.3. The number of hydrogen-bond donors (Lipinski definition) is 1. The Bertz CT molecular complexity index is 757. The zero-order chi connectivity index (χ0) is 33.6. The second-order valence-corrected chi connectivity index (χ2v) is 9.42.